The molecule has 0 N–H and O–H groups in total. The van der Waals surface area contributed by atoms with Crippen molar-refractivity contribution in [2.75, 3.05) is 52.4 Å². The van der Waals surface area contributed by atoms with Crippen LogP contribution in [0.2, 0.25) is 0 Å². The van der Waals surface area contributed by atoms with Crippen LogP contribution < -0.4 is 0 Å². The molecule has 9 saturated heterocycles. The quantitative estimate of drug-likeness (QED) is 0.160. The topological polar surface area (TPSA) is 28.7 Å². The number of hydrogen-bond donors (Lipinski definition) is 0. The Bertz CT molecular complexity index is 2390. The Hall–Kier alpha value is -1.05. The SMILES string of the molecule is C.C.C.C.CC(C)CC(C)C(F)(F)F.CC(C)CC1CCC(F)(F)C1.CC(C)CC1CCCC1.CC(C)N1C2CCC(OC2)C1C.CC(C)N1C2CCC1CC(F)(F)C2.CC(C)N1CC(C)C2(CC2)C1.CC(C)N1CC2C(C1)C2(F)F.CC(C)N1CCC12CC(F)(F)C2.CC(C)N1CCC2(CC2)C1.CCCC(C)C. The number of piperidine rings is 3. The zero-order chi connectivity index (χ0) is 79.3. The van der Waals surface area contributed by atoms with Gasteiger partial charge in [0.25, 0.3) is 17.8 Å². The molecule has 3 spiro atoms. The van der Waals surface area contributed by atoms with Crippen molar-refractivity contribution in [3.05, 3.63) is 0 Å². The summed E-state index contributed by atoms with van der Waals surface area (Å²) in [7, 11) is 0. The Morgan fingerprint density at radius 2 is 0.936 bits per heavy atom. The summed E-state index contributed by atoms with van der Waals surface area (Å²) in [6, 6.07) is 5.13. The minimum Gasteiger partial charge on any atom is -0.375 e. The van der Waals surface area contributed by atoms with Crippen LogP contribution in [0.1, 0.15) is 363 Å². The van der Waals surface area contributed by atoms with Crippen LogP contribution in [0, 0.1) is 70.0 Å². The summed E-state index contributed by atoms with van der Waals surface area (Å²) >= 11 is 0. The molecular weight excluding hydrogens is 1400 g/mol. The van der Waals surface area contributed by atoms with Crippen LogP contribution in [0.15, 0.2) is 0 Å². The van der Waals surface area contributed by atoms with Gasteiger partial charge in [0.2, 0.25) is 5.92 Å². The molecule has 0 aromatic rings. The standard InChI is InChI=1S/C10H17F2N.C10H19NO.C10H19N.C9H15F2N.C9H16F2.C9H17N.C9H18.C8H13F2N.C7H13F3.C6H14.4CH4/c1-7(2)13-8-3-4-9(13)6-10(11,12)5-8;1-7(2)11-8(3)10-5-4-9(11)6-12-10;1-8(2)11-6-9(3)10(7-11)4-5-10;1-7(2)12-4-3-8(12)5-9(10,11)6-8;1-7(2)5-8-3-4-9(10,11)6-8;1-8(2)10-6-5-9(7-10)3-4-9;1-8(2)7-9-5-3-4-6-9;1-5(2)11-3-6-7(4-11)8(6,9)10;1-5(2)4-6(3)7(8,9)10;1-4-5-6(2)3;;;;/h7-9H,3-6H2,1-2H3;7-10H,4-6H2,1-3H3;8-9H,4-7H2,1-3H3;7H,3-6H2,1-2H3;7-8H,3-6H2,1-2H3;8H,3-7H2,1-2H3;8-9H,3-7H2,1-2H3;5-7H,3-4H2,1-2H3;5-6H,4H2,1-3H3;6H,4-5H2,1-3H3;4*1H4. The van der Waals surface area contributed by atoms with E-state index in [0.29, 0.717) is 61.4 Å². The monoisotopic (exact) mass is 1580 g/mol. The van der Waals surface area contributed by atoms with Gasteiger partial charge in [-0.3, -0.25) is 19.6 Å². The van der Waals surface area contributed by atoms with Crippen molar-refractivity contribution in [1.29, 1.82) is 0 Å². The van der Waals surface area contributed by atoms with Crippen molar-refractivity contribution in [2.45, 2.75) is 465 Å². The van der Waals surface area contributed by atoms with Crippen molar-refractivity contribution in [3.63, 3.8) is 0 Å². The van der Waals surface area contributed by atoms with E-state index in [4.69, 9.17) is 4.74 Å². The Morgan fingerprint density at radius 1 is 0.440 bits per heavy atom. The molecular formula is C91H177F11N6O. The molecule has 15 fully saturated rings. The van der Waals surface area contributed by atoms with E-state index >= 15 is 0 Å². The van der Waals surface area contributed by atoms with Gasteiger partial charge in [0.05, 0.1) is 18.6 Å². The second-order valence-corrected chi connectivity index (χ2v) is 39.7. The Labute approximate surface area is 666 Å². The number of hydrogen-bond acceptors (Lipinski definition) is 7. The highest BCUT2D eigenvalue weighted by atomic mass is 19.4. The maximum Gasteiger partial charge on any atom is 0.391 e. The minimum absolute atomic E-state index is 0. The molecule has 7 nitrogen and oxygen atoms in total. The van der Waals surface area contributed by atoms with E-state index in [1.807, 2.05) is 0 Å². The van der Waals surface area contributed by atoms with Gasteiger partial charge < -0.3 is 14.5 Å². The van der Waals surface area contributed by atoms with Crippen molar-refractivity contribution >= 4 is 0 Å². The maximum atomic E-state index is 13.2. The molecule has 18 heteroatoms. The molecule has 15 aliphatic rings. The molecule has 6 aliphatic carbocycles. The summed E-state index contributed by atoms with van der Waals surface area (Å²) in [5.41, 5.74) is 1.51. The largest absolute Gasteiger partial charge is 0.391 e. The predicted molar refractivity (Wildman–Crippen MR) is 444 cm³/mol. The van der Waals surface area contributed by atoms with Crippen molar-refractivity contribution < 1.29 is 53.0 Å². The number of halogens is 11. The van der Waals surface area contributed by atoms with Gasteiger partial charge in [-0.1, -0.05) is 144 Å². The third-order valence-corrected chi connectivity index (χ3v) is 26.5. The summed E-state index contributed by atoms with van der Waals surface area (Å²) in [6.07, 6.45) is 22.2. The van der Waals surface area contributed by atoms with Crippen molar-refractivity contribution in [2.24, 2.45) is 70.0 Å². The van der Waals surface area contributed by atoms with Gasteiger partial charge in [-0.25, -0.2) is 35.1 Å². The molecule has 654 valence electrons. The lowest BCUT2D eigenvalue weighted by Gasteiger charge is -2.62. The lowest BCUT2D eigenvalue weighted by atomic mass is 9.64. The lowest BCUT2D eigenvalue weighted by molar-refractivity contribution is -0.222. The number of likely N-dealkylation sites (tertiary alicyclic amines) is 4. The molecule has 10 atom stereocenters. The number of ether oxygens (including phenoxy) is 1. The van der Waals surface area contributed by atoms with Gasteiger partial charge in [-0.05, 0) is 239 Å². The summed E-state index contributed by atoms with van der Waals surface area (Å²) < 4.78 is 143. The molecule has 10 unspecified atom stereocenters. The Morgan fingerprint density at radius 3 is 1.22 bits per heavy atom. The van der Waals surface area contributed by atoms with E-state index in [1.165, 1.54) is 123 Å². The first-order chi connectivity index (χ1) is 48.4. The average molecular weight is 1580 g/mol. The first-order valence-corrected chi connectivity index (χ1v) is 43.2. The molecule has 0 aromatic heterocycles. The number of morpholine rings is 1. The van der Waals surface area contributed by atoms with Gasteiger partial charge in [0.15, 0.2) is 0 Å². The zero-order valence-corrected chi connectivity index (χ0v) is 71.4. The van der Waals surface area contributed by atoms with Gasteiger partial charge >= 0.3 is 6.18 Å². The molecule has 4 bridgehead atoms. The molecule has 0 aromatic carbocycles. The highest BCUT2D eigenvalue weighted by Crippen LogP contribution is 2.60. The van der Waals surface area contributed by atoms with E-state index in [-0.39, 0.29) is 116 Å². The van der Waals surface area contributed by atoms with E-state index in [2.05, 4.69) is 175 Å². The van der Waals surface area contributed by atoms with Crippen molar-refractivity contribution in [1.82, 2.24) is 29.4 Å². The smallest absolute Gasteiger partial charge is 0.375 e. The Balaban J connectivity index is 0.000000606. The van der Waals surface area contributed by atoms with E-state index in [9.17, 15) is 48.3 Å². The predicted octanol–water partition coefficient (Wildman–Crippen LogP) is 27.1. The molecule has 109 heavy (non-hydrogen) atoms. The lowest BCUT2D eigenvalue weighted by Crippen LogP contribution is -2.71. The zero-order valence-electron chi connectivity index (χ0n) is 71.4. The summed E-state index contributed by atoms with van der Waals surface area (Å²) in [5, 5.41) is 0. The molecule has 6 saturated carbocycles. The van der Waals surface area contributed by atoms with Gasteiger partial charge in [0, 0.05) is 156 Å². The van der Waals surface area contributed by atoms with Crippen LogP contribution in [-0.4, -0.2) is 184 Å². The maximum absolute atomic E-state index is 13.2. The average Bonchev–Trinajstić information content (AvgIpc) is 1.60. The molecule has 9 heterocycles. The van der Waals surface area contributed by atoms with Gasteiger partial charge in [-0.2, -0.15) is 13.2 Å². The van der Waals surface area contributed by atoms with E-state index in [0.717, 1.165) is 91.8 Å². The summed E-state index contributed by atoms with van der Waals surface area (Å²) in [6.45, 7) is 60.1. The van der Waals surface area contributed by atoms with Crippen LogP contribution >= 0.6 is 0 Å². The van der Waals surface area contributed by atoms with Crippen LogP contribution in [-0.2, 0) is 4.74 Å². The number of rotatable bonds is 14. The molecule has 15 rings (SSSR count). The van der Waals surface area contributed by atoms with Gasteiger partial charge in [0.1, 0.15) is 0 Å². The minimum atomic E-state index is -4.01. The highest BCUT2D eigenvalue weighted by molar-refractivity contribution is 5.14. The summed E-state index contributed by atoms with van der Waals surface area (Å²) in [5.74, 6) is -6.37. The van der Waals surface area contributed by atoms with Crippen LogP contribution in [0.25, 0.3) is 0 Å². The van der Waals surface area contributed by atoms with Gasteiger partial charge in [-0.15, -0.1) is 0 Å². The molecule has 0 radical (unpaired) electrons. The Kier molecular flexibility index (Phi) is 44.0. The first kappa shape index (κ1) is 106. The number of alkyl halides is 11. The van der Waals surface area contributed by atoms with Crippen LogP contribution in [0.3, 0.4) is 0 Å². The van der Waals surface area contributed by atoms with E-state index < -0.39 is 35.8 Å². The fraction of sp³-hybridized carbons (Fsp3) is 1.00. The highest BCUT2D eigenvalue weighted by Gasteiger charge is 2.71. The summed E-state index contributed by atoms with van der Waals surface area (Å²) in [4.78, 5) is 14.5. The number of nitrogens with zero attached hydrogens (tertiary/aromatic N) is 6. The van der Waals surface area contributed by atoms with E-state index in [1.54, 1.807) is 13.8 Å². The first-order valence-electron chi connectivity index (χ1n) is 43.2. The normalized spacial score (nSPS) is 30.1. The third kappa shape index (κ3) is 33.0. The van der Waals surface area contributed by atoms with Crippen LogP contribution in [0.5, 0.6) is 0 Å². The third-order valence-electron chi connectivity index (χ3n) is 26.5. The van der Waals surface area contributed by atoms with Crippen LogP contribution in [0.4, 0.5) is 48.3 Å². The van der Waals surface area contributed by atoms with Crippen molar-refractivity contribution in [3.8, 4) is 0 Å². The number of fused-ring (bicyclic) bond motifs is 6. The fourth-order valence-electron chi connectivity index (χ4n) is 20.0. The fourth-order valence-corrected chi connectivity index (χ4v) is 20.0. The second kappa shape index (κ2) is 45.2. The second-order valence-electron chi connectivity index (χ2n) is 39.7. The molecule has 0 amide bonds. The molecule has 9 aliphatic heterocycles.